The number of fused-ring (bicyclic) bond motifs is 3. The first kappa shape index (κ1) is 70.1. The predicted molar refractivity (Wildman–Crippen MR) is 383 cm³/mol. The summed E-state index contributed by atoms with van der Waals surface area (Å²) in [6.07, 6.45) is 10.5. The van der Waals surface area contributed by atoms with Crippen LogP contribution < -0.4 is 19.4 Å². The molecule has 0 saturated heterocycles. The molecule has 7 aromatic carbocycles. The number of ether oxygens (including phenoxy) is 1. The summed E-state index contributed by atoms with van der Waals surface area (Å²) in [5, 5.41) is 32.6. The number of hydrogen-bond donors (Lipinski definition) is 3. The van der Waals surface area contributed by atoms with Crippen molar-refractivity contribution >= 4 is 81.1 Å². The summed E-state index contributed by atoms with van der Waals surface area (Å²) < 4.78 is 48.9. The van der Waals surface area contributed by atoms with E-state index in [-0.39, 0.29) is 22.3 Å². The van der Waals surface area contributed by atoms with Gasteiger partial charge in [0.1, 0.15) is 44.1 Å². The van der Waals surface area contributed by atoms with Crippen LogP contribution in [0.1, 0.15) is 120 Å². The van der Waals surface area contributed by atoms with Crippen molar-refractivity contribution in [1.82, 2.24) is 0 Å². The smallest absolute Gasteiger partial charge is 0.507 e. The minimum atomic E-state index is -4.76. The average Bonchev–Trinajstić information content (AvgIpc) is 1.61. The Labute approximate surface area is 554 Å². The zero-order valence-electron chi connectivity index (χ0n) is 56.6. The highest BCUT2D eigenvalue weighted by molar-refractivity contribution is 6.30. The molecular weight excluding hydrogens is 1190 g/mol. The SMILES string of the molecule is C=CCC1(C)C(/C=C/c2ccc(N(CC)CC)cc2O)=[N+](C)c2ccc(OC(F)(F)F)cc21.CCN(CC)c1ccc(/C=C/C2=[N+](C)c3ccc(C)cc3C2(C)Cc2ccccc2)c(O)c1.CCN(CC)c1ccc(/C=C/C2=[N+](C)c3ccc(Cl)cc3C2(C)C)c(O)c1. The second-order valence-electron chi connectivity index (χ2n) is 24.9. The number of phenolic OH excluding ortho intramolecular Hbond substituents is 3. The van der Waals surface area contributed by atoms with E-state index >= 15 is 0 Å². The maximum atomic E-state index is 12.8. The van der Waals surface area contributed by atoms with E-state index in [0.717, 1.165) is 95.9 Å². The van der Waals surface area contributed by atoms with Crippen LogP contribution >= 0.6 is 11.6 Å². The van der Waals surface area contributed by atoms with E-state index < -0.39 is 11.8 Å². The van der Waals surface area contributed by atoms with E-state index in [4.69, 9.17) is 11.6 Å². The fraction of sp³-hybridized carbons (Fsp3) is 0.329. The second-order valence-corrected chi connectivity index (χ2v) is 25.4. The van der Waals surface area contributed by atoms with Crippen LogP contribution in [0.2, 0.25) is 5.02 Å². The van der Waals surface area contributed by atoms with Gasteiger partial charge < -0.3 is 34.8 Å². The highest BCUT2D eigenvalue weighted by Gasteiger charge is 2.48. The Kier molecular flexibility index (Phi) is 22.2. The molecular formula is C79H93ClF3N6O4+3. The van der Waals surface area contributed by atoms with Crippen molar-refractivity contribution in [2.24, 2.45) is 0 Å². The Hall–Kier alpha value is -8.81. The van der Waals surface area contributed by atoms with Gasteiger partial charge in [-0.05, 0) is 180 Å². The topological polar surface area (TPSA) is 88.7 Å². The summed E-state index contributed by atoms with van der Waals surface area (Å²) in [6.45, 7) is 32.7. The van der Waals surface area contributed by atoms with Crippen LogP contribution in [0.4, 0.5) is 47.3 Å². The zero-order chi connectivity index (χ0) is 67.7. The molecule has 2 atom stereocenters. The Morgan fingerprint density at radius 2 is 0.903 bits per heavy atom. The van der Waals surface area contributed by atoms with Crippen LogP contribution in [0.5, 0.6) is 23.0 Å². The monoisotopic (exact) mass is 1280 g/mol. The molecule has 3 N–H and O–H groups in total. The van der Waals surface area contributed by atoms with E-state index in [2.05, 4.69) is 203 Å². The largest absolute Gasteiger partial charge is 0.573 e. The molecule has 0 aliphatic carbocycles. The van der Waals surface area contributed by atoms with Gasteiger partial charge >= 0.3 is 6.36 Å². The first-order chi connectivity index (χ1) is 44.2. The number of rotatable bonds is 20. The van der Waals surface area contributed by atoms with Crippen molar-refractivity contribution in [2.75, 3.05) is 75.1 Å². The van der Waals surface area contributed by atoms with E-state index in [1.165, 1.54) is 57.2 Å². The molecule has 3 heterocycles. The van der Waals surface area contributed by atoms with E-state index in [1.54, 1.807) is 18.2 Å². The molecule has 0 radical (unpaired) electrons. The molecule has 488 valence electrons. The summed E-state index contributed by atoms with van der Waals surface area (Å²) in [5.74, 6) is 0.533. The summed E-state index contributed by atoms with van der Waals surface area (Å²) in [4.78, 5) is 6.60. The molecule has 0 amide bonds. The van der Waals surface area contributed by atoms with Gasteiger partial charge in [0.15, 0.2) is 17.1 Å². The molecule has 10 nitrogen and oxygen atoms in total. The Balaban J connectivity index is 0.000000180. The van der Waals surface area contributed by atoms with Gasteiger partial charge in [0.2, 0.25) is 17.1 Å². The molecule has 0 spiro atoms. The highest BCUT2D eigenvalue weighted by Crippen LogP contribution is 2.47. The van der Waals surface area contributed by atoms with Crippen molar-refractivity contribution in [1.29, 1.82) is 0 Å². The number of anilines is 3. The first-order valence-corrected chi connectivity index (χ1v) is 32.7. The highest BCUT2D eigenvalue weighted by atomic mass is 35.5. The lowest BCUT2D eigenvalue weighted by Gasteiger charge is -2.23. The first-order valence-electron chi connectivity index (χ1n) is 32.3. The summed E-state index contributed by atoms with van der Waals surface area (Å²) in [5.41, 5.74) is 16.8. The number of hydrogen-bond acceptors (Lipinski definition) is 7. The minimum Gasteiger partial charge on any atom is -0.507 e. The quantitative estimate of drug-likeness (QED) is 0.0518. The standard InChI is InChI=1S/C30H34N2O.C26H29F3N2O2.C23H27ClN2O/c1-6-32(7-2)25-16-14-24(28(33)20-25)15-18-29-30(4,21-23-11-9-8-10-12-23)26-19-22(3)13-17-27(26)31(29)5;1-6-15-25(4)21-17-20(33-26(27,28)29)12-13-22(21)30(5)24(25)14-10-18-9-11-19(16-23(18)32)31(7-2)8-3;1-6-26(7-2)18-11-8-16(21(27)15-18)9-13-22-23(3,4)19-14-17(24)10-12-20(19)25(22)5/h8-20H,6-7,21H2,1-5H3;6,9-14,16-17H,1,7-8,15H2,2-5H3;8-15H,6-7H2,1-5H3/p+3. The number of halogens is 4. The van der Waals surface area contributed by atoms with Crippen LogP contribution in [0.3, 0.4) is 0 Å². The van der Waals surface area contributed by atoms with Crippen molar-refractivity contribution in [2.45, 2.75) is 112 Å². The lowest BCUT2D eigenvalue weighted by Crippen LogP contribution is -2.33. The van der Waals surface area contributed by atoms with E-state index in [1.807, 2.05) is 85.3 Å². The Bertz CT molecular complexity index is 4060. The molecule has 14 heteroatoms. The number of alkyl halides is 3. The van der Waals surface area contributed by atoms with E-state index in [0.29, 0.717) is 23.5 Å². The van der Waals surface area contributed by atoms with Crippen molar-refractivity contribution < 1.29 is 47.0 Å². The van der Waals surface area contributed by atoms with Gasteiger partial charge in [-0.2, -0.15) is 13.7 Å². The number of nitrogens with zero attached hydrogens (tertiary/aromatic N) is 6. The van der Waals surface area contributed by atoms with Crippen molar-refractivity contribution in [3.05, 3.63) is 220 Å². The van der Waals surface area contributed by atoms with Gasteiger partial charge in [-0.25, -0.2) is 0 Å². The molecule has 3 aliphatic heterocycles. The summed E-state index contributed by atoms with van der Waals surface area (Å²) in [6, 6.07) is 45.3. The molecule has 0 saturated carbocycles. The number of aromatic hydroxyl groups is 3. The third kappa shape index (κ3) is 15.2. The van der Waals surface area contributed by atoms with Crippen LogP contribution in [-0.2, 0) is 22.7 Å². The van der Waals surface area contributed by atoms with Gasteiger partial charge in [-0.3, -0.25) is 0 Å². The second kappa shape index (κ2) is 29.4. The van der Waals surface area contributed by atoms with Gasteiger partial charge in [0.25, 0.3) is 0 Å². The number of benzene rings is 7. The number of allylic oxidation sites excluding steroid dienone is 4. The lowest BCUT2D eigenvalue weighted by molar-refractivity contribution is -0.401. The Morgan fingerprint density at radius 1 is 0.495 bits per heavy atom. The van der Waals surface area contributed by atoms with Crippen LogP contribution in [0.25, 0.3) is 18.2 Å². The fourth-order valence-electron chi connectivity index (χ4n) is 13.6. The third-order valence-corrected chi connectivity index (χ3v) is 19.0. The summed E-state index contributed by atoms with van der Waals surface area (Å²) >= 11 is 6.22. The fourth-order valence-corrected chi connectivity index (χ4v) is 13.8. The average molecular weight is 1280 g/mol. The normalized spacial score (nSPS) is 17.1. The van der Waals surface area contributed by atoms with Crippen LogP contribution in [-0.4, -0.2) is 113 Å². The number of phenols is 3. The maximum Gasteiger partial charge on any atom is 0.573 e. The molecule has 0 fully saturated rings. The Morgan fingerprint density at radius 3 is 1.34 bits per heavy atom. The molecule has 0 bridgehead atoms. The predicted octanol–water partition coefficient (Wildman–Crippen LogP) is 18.5. The van der Waals surface area contributed by atoms with Crippen molar-refractivity contribution in [3.8, 4) is 23.0 Å². The molecule has 7 aromatic rings. The summed E-state index contributed by atoms with van der Waals surface area (Å²) in [7, 11) is 6.10. The van der Waals surface area contributed by atoms with Gasteiger partial charge in [-0.15, -0.1) is 19.8 Å². The molecule has 3 aliphatic rings. The van der Waals surface area contributed by atoms with Crippen molar-refractivity contribution in [3.63, 3.8) is 0 Å². The maximum absolute atomic E-state index is 12.8. The van der Waals surface area contributed by atoms with E-state index in [9.17, 15) is 28.5 Å². The molecule has 0 aromatic heterocycles. The van der Waals surface area contributed by atoms with Gasteiger partial charge in [-0.1, -0.05) is 59.6 Å². The minimum absolute atomic E-state index is 0.151. The molecule has 2 unspecified atom stereocenters. The van der Waals surface area contributed by atoms with Gasteiger partial charge in [0.05, 0.1) is 16.2 Å². The van der Waals surface area contributed by atoms with Gasteiger partial charge in [0, 0.05) is 149 Å². The number of aryl methyl sites for hydroxylation is 1. The third-order valence-electron chi connectivity index (χ3n) is 18.8. The van der Waals surface area contributed by atoms with Crippen LogP contribution in [0.15, 0.2) is 170 Å². The zero-order valence-corrected chi connectivity index (χ0v) is 57.4. The lowest BCUT2D eigenvalue weighted by atomic mass is 9.74. The molecule has 93 heavy (non-hydrogen) atoms. The van der Waals surface area contributed by atoms with Crippen LogP contribution in [0, 0.1) is 6.92 Å². The molecule has 10 rings (SSSR count).